The van der Waals surface area contributed by atoms with Crippen LogP contribution < -0.4 is 0 Å². The third-order valence-corrected chi connectivity index (χ3v) is 2.85. The van der Waals surface area contributed by atoms with Crippen LogP contribution in [0, 0.1) is 0 Å². The minimum Gasteiger partial charge on any atom is -0.458 e. The molecular formula is C17H20O3. The van der Waals surface area contributed by atoms with Gasteiger partial charge in [0.05, 0.1) is 5.56 Å². The molecule has 0 saturated heterocycles. The summed E-state index contributed by atoms with van der Waals surface area (Å²) >= 11 is 0. The molecule has 1 aromatic carbocycles. The van der Waals surface area contributed by atoms with Crippen LogP contribution in [0.5, 0.6) is 0 Å². The normalized spacial score (nSPS) is 12.1. The van der Waals surface area contributed by atoms with Crippen molar-refractivity contribution in [1.82, 2.24) is 0 Å². The first kappa shape index (κ1) is 15.9. The van der Waals surface area contributed by atoms with Crippen molar-refractivity contribution < 1.29 is 14.3 Å². The third-order valence-electron chi connectivity index (χ3n) is 2.85. The Morgan fingerprint density at radius 2 is 1.85 bits per heavy atom. The Kier molecular flexibility index (Phi) is 7.04. The minimum atomic E-state index is -0.314. The summed E-state index contributed by atoms with van der Waals surface area (Å²) in [5.41, 5.74) is 2.44. The van der Waals surface area contributed by atoms with Crippen LogP contribution >= 0.6 is 0 Å². The van der Waals surface area contributed by atoms with Gasteiger partial charge < -0.3 is 4.74 Å². The molecule has 0 spiro atoms. The zero-order valence-corrected chi connectivity index (χ0v) is 12.0. The molecule has 0 heterocycles. The van der Waals surface area contributed by atoms with Gasteiger partial charge in [0, 0.05) is 0 Å². The van der Waals surface area contributed by atoms with E-state index < -0.39 is 0 Å². The first-order chi connectivity index (χ1) is 9.63. The van der Waals surface area contributed by atoms with Crippen LogP contribution in [0.3, 0.4) is 0 Å². The van der Waals surface area contributed by atoms with Crippen LogP contribution in [-0.2, 0) is 9.53 Å². The number of hydrogen-bond acceptors (Lipinski definition) is 3. The molecule has 0 bridgehead atoms. The second kappa shape index (κ2) is 8.86. The van der Waals surface area contributed by atoms with E-state index in [1.54, 1.807) is 31.2 Å². The summed E-state index contributed by atoms with van der Waals surface area (Å²) < 4.78 is 5.16. The van der Waals surface area contributed by atoms with Crippen molar-refractivity contribution in [2.45, 2.75) is 26.7 Å². The molecule has 0 N–H and O–H groups in total. The van der Waals surface area contributed by atoms with Crippen LogP contribution in [0.25, 0.3) is 0 Å². The Hall–Kier alpha value is -2.16. The van der Waals surface area contributed by atoms with Gasteiger partial charge in [-0.15, -0.1) is 0 Å². The molecule has 0 aliphatic carbocycles. The molecule has 3 nitrogen and oxygen atoms in total. The topological polar surface area (TPSA) is 43.4 Å². The molecule has 1 rings (SSSR count). The lowest BCUT2D eigenvalue weighted by molar-refractivity contribution is -0.104. The van der Waals surface area contributed by atoms with Crippen molar-refractivity contribution in [3.8, 4) is 0 Å². The van der Waals surface area contributed by atoms with E-state index in [9.17, 15) is 9.59 Å². The van der Waals surface area contributed by atoms with Gasteiger partial charge in [-0.1, -0.05) is 29.8 Å². The Balaban J connectivity index is 2.33. The number of carbonyl (C=O) groups excluding carboxylic acids is 2. The van der Waals surface area contributed by atoms with Crippen molar-refractivity contribution in [2.75, 3.05) is 6.61 Å². The average Bonchev–Trinajstić information content (AvgIpc) is 2.47. The van der Waals surface area contributed by atoms with Gasteiger partial charge in [-0.05, 0) is 50.5 Å². The molecule has 3 heteroatoms. The molecule has 0 atom stereocenters. The summed E-state index contributed by atoms with van der Waals surface area (Å²) in [4.78, 5) is 22.1. The second-order valence-electron chi connectivity index (χ2n) is 4.62. The maximum absolute atomic E-state index is 11.7. The van der Waals surface area contributed by atoms with Crippen molar-refractivity contribution in [3.63, 3.8) is 0 Å². The lowest BCUT2D eigenvalue weighted by atomic mass is 10.1. The van der Waals surface area contributed by atoms with Gasteiger partial charge in [-0.3, -0.25) is 4.79 Å². The van der Waals surface area contributed by atoms with E-state index in [2.05, 4.69) is 0 Å². The van der Waals surface area contributed by atoms with E-state index >= 15 is 0 Å². The fourth-order valence-corrected chi connectivity index (χ4v) is 1.59. The second-order valence-corrected chi connectivity index (χ2v) is 4.62. The number of aldehydes is 1. The van der Waals surface area contributed by atoms with E-state index in [1.807, 2.05) is 25.1 Å². The highest BCUT2D eigenvalue weighted by Crippen LogP contribution is 2.07. The molecule has 0 saturated carbocycles. The monoisotopic (exact) mass is 272 g/mol. The lowest BCUT2D eigenvalue weighted by Crippen LogP contribution is -2.04. The Morgan fingerprint density at radius 3 is 2.50 bits per heavy atom. The van der Waals surface area contributed by atoms with Gasteiger partial charge in [-0.2, -0.15) is 0 Å². The van der Waals surface area contributed by atoms with Gasteiger partial charge in [0.25, 0.3) is 0 Å². The van der Waals surface area contributed by atoms with Crippen molar-refractivity contribution >= 4 is 12.3 Å². The van der Waals surface area contributed by atoms with Crippen LogP contribution in [-0.4, -0.2) is 18.9 Å². The van der Waals surface area contributed by atoms with Crippen LogP contribution in [0.15, 0.2) is 53.6 Å². The van der Waals surface area contributed by atoms with E-state index in [4.69, 9.17) is 4.74 Å². The lowest BCUT2D eigenvalue weighted by Gasteiger charge is -2.03. The van der Waals surface area contributed by atoms with Crippen molar-refractivity contribution in [2.24, 2.45) is 0 Å². The average molecular weight is 272 g/mol. The molecule has 0 radical (unpaired) electrons. The van der Waals surface area contributed by atoms with Gasteiger partial charge in [0.1, 0.15) is 12.9 Å². The maximum Gasteiger partial charge on any atom is 0.338 e. The number of benzene rings is 1. The Bertz CT molecular complexity index is 498. The summed E-state index contributed by atoms with van der Waals surface area (Å²) in [7, 11) is 0. The van der Waals surface area contributed by atoms with Gasteiger partial charge >= 0.3 is 5.97 Å². The summed E-state index contributed by atoms with van der Waals surface area (Å²) in [5.74, 6) is -0.314. The van der Waals surface area contributed by atoms with Gasteiger partial charge in [0.2, 0.25) is 0 Å². The SMILES string of the molecule is CC(C=O)=CCCC(C)=CCOC(=O)c1ccccc1. The standard InChI is InChI=1S/C17H20O3/c1-14(7-6-8-15(2)13-18)11-12-20-17(19)16-9-4-3-5-10-16/h3-5,8-11,13H,6-7,12H2,1-2H3. The first-order valence-electron chi connectivity index (χ1n) is 6.63. The van der Waals surface area contributed by atoms with E-state index in [1.165, 1.54) is 0 Å². The molecule has 0 fully saturated rings. The third kappa shape index (κ3) is 6.14. The van der Waals surface area contributed by atoms with E-state index in [0.29, 0.717) is 5.56 Å². The highest BCUT2D eigenvalue weighted by Gasteiger charge is 2.04. The van der Waals surface area contributed by atoms with Crippen molar-refractivity contribution in [3.05, 3.63) is 59.2 Å². The molecule has 0 amide bonds. The zero-order valence-electron chi connectivity index (χ0n) is 12.0. The predicted molar refractivity (Wildman–Crippen MR) is 79.5 cm³/mol. The molecule has 0 unspecified atom stereocenters. The number of rotatable bonds is 7. The van der Waals surface area contributed by atoms with Crippen LogP contribution in [0.4, 0.5) is 0 Å². The smallest absolute Gasteiger partial charge is 0.338 e. The van der Waals surface area contributed by atoms with E-state index in [-0.39, 0.29) is 12.6 Å². The number of hydrogen-bond donors (Lipinski definition) is 0. The fraction of sp³-hybridized carbons (Fsp3) is 0.294. The minimum absolute atomic E-state index is 0.274. The highest BCUT2D eigenvalue weighted by atomic mass is 16.5. The predicted octanol–water partition coefficient (Wildman–Crippen LogP) is 3.72. The van der Waals surface area contributed by atoms with Gasteiger partial charge in [0.15, 0.2) is 0 Å². The summed E-state index contributed by atoms with van der Waals surface area (Å²) in [6.45, 7) is 4.05. The summed E-state index contributed by atoms with van der Waals surface area (Å²) in [5, 5.41) is 0. The van der Waals surface area contributed by atoms with Crippen LogP contribution in [0.2, 0.25) is 0 Å². The Labute approximate surface area is 120 Å². The van der Waals surface area contributed by atoms with E-state index in [0.717, 1.165) is 30.3 Å². The molecular weight excluding hydrogens is 252 g/mol. The number of esters is 1. The number of ether oxygens (including phenoxy) is 1. The summed E-state index contributed by atoms with van der Waals surface area (Å²) in [6, 6.07) is 8.92. The molecule has 106 valence electrons. The molecule has 1 aromatic rings. The van der Waals surface area contributed by atoms with Gasteiger partial charge in [-0.25, -0.2) is 4.79 Å². The zero-order chi connectivity index (χ0) is 14.8. The first-order valence-corrected chi connectivity index (χ1v) is 6.63. The molecule has 20 heavy (non-hydrogen) atoms. The number of allylic oxidation sites excluding steroid dienone is 3. The molecule has 0 aromatic heterocycles. The van der Waals surface area contributed by atoms with Crippen molar-refractivity contribution in [1.29, 1.82) is 0 Å². The molecule has 0 aliphatic rings. The number of carbonyl (C=O) groups is 2. The fourth-order valence-electron chi connectivity index (χ4n) is 1.59. The maximum atomic E-state index is 11.7. The quantitative estimate of drug-likeness (QED) is 0.329. The van der Waals surface area contributed by atoms with Crippen LogP contribution in [0.1, 0.15) is 37.0 Å². The largest absolute Gasteiger partial charge is 0.458 e. The summed E-state index contributed by atoms with van der Waals surface area (Å²) in [6.07, 6.45) is 6.32. The highest BCUT2D eigenvalue weighted by molar-refractivity contribution is 5.89. The Morgan fingerprint density at radius 1 is 1.15 bits per heavy atom. The molecule has 0 aliphatic heterocycles.